The summed E-state index contributed by atoms with van der Waals surface area (Å²) in [6, 6.07) is 8.39. The number of aryl methyl sites for hydroxylation is 1. The fourth-order valence-corrected chi connectivity index (χ4v) is 4.20. The molecule has 1 aliphatic heterocycles. The fourth-order valence-electron chi connectivity index (χ4n) is 4.20. The van der Waals surface area contributed by atoms with Crippen molar-refractivity contribution in [2.45, 2.75) is 44.7 Å². The second-order valence-electron chi connectivity index (χ2n) is 7.37. The molecule has 2 aromatic rings. The Balaban J connectivity index is 1.60. The molecule has 4 rings (SSSR count). The summed E-state index contributed by atoms with van der Waals surface area (Å²) in [5, 5.41) is 9.54. The molecule has 4 amide bonds. The monoisotopic (exact) mass is 392 g/mol. The first-order valence-electron chi connectivity index (χ1n) is 9.70. The van der Waals surface area contributed by atoms with E-state index in [1.165, 1.54) is 0 Å². The van der Waals surface area contributed by atoms with Crippen molar-refractivity contribution in [2.24, 2.45) is 0 Å². The molecule has 1 saturated carbocycles. The number of Topliss-reactive ketones (excluding diaryl/α,β-unsaturated/α-hetero) is 1. The number of carbonyl (C=O) groups is 4. The van der Waals surface area contributed by atoms with E-state index in [4.69, 9.17) is 5.26 Å². The number of hydrogen-bond acceptors (Lipinski definition) is 5. The zero-order chi connectivity index (χ0) is 20.5. The highest BCUT2D eigenvalue weighted by atomic mass is 16.2. The van der Waals surface area contributed by atoms with Gasteiger partial charge in [0.1, 0.15) is 0 Å². The standard InChI is InChI=1S/C21H20N4O4/c22-10-5-11-23-12-16(15-8-3-4-9-17(15)23)18(26)13-24-19(27)20(28)25(21(24)29)14-6-1-2-7-14/h3-4,8-9,12,14H,1-2,5-7,11,13H2. The number of aromatic nitrogens is 1. The maximum atomic E-state index is 13.0. The smallest absolute Gasteiger partial charge is 0.334 e. The summed E-state index contributed by atoms with van der Waals surface area (Å²) < 4.78 is 1.81. The SMILES string of the molecule is N#CCCn1cc(C(=O)CN2C(=O)C(=O)N(C3CCCC3)C2=O)c2ccccc21. The molecule has 2 heterocycles. The fraction of sp³-hybridized carbons (Fsp3) is 0.381. The number of ketones is 1. The van der Waals surface area contributed by atoms with Gasteiger partial charge in [0.2, 0.25) is 0 Å². The zero-order valence-corrected chi connectivity index (χ0v) is 15.8. The van der Waals surface area contributed by atoms with E-state index in [-0.39, 0.29) is 6.04 Å². The van der Waals surface area contributed by atoms with Gasteiger partial charge >= 0.3 is 17.8 Å². The van der Waals surface area contributed by atoms with Crippen LogP contribution in [0.2, 0.25) is 0 Å². The predicted molar refractivity (Wildman–Crippen MR) is 103 cm³/mol. The molecule has 2 fully saturated rings. The molecule has 0 bridgehead atoms. The van der Waals surface area contributed by atoms with Gasteiger partial charge in [0.15, 0.2) is 5.78 Å². The van der Waals surface area contributed by atoms with Crippen molar-refractivity contribution in [3.8, 4) is 6.07 Å². The van der Waals surface area contributed by atoms with Crippen LogP contribution in [0.4, 0.5) is 4.79 Å². The minimum absolute atomic E-state index is 0.257. The summed E-state index contributed by atoms with van der Waals surface area (Å²) in [6.07, 6.45) is 5.15. The van der Waals surface area contributed by atoms with Crippen LogP contribution in [0.15, 0.2) is 30.5 Å². The van der Waals surface area contributed by atoms with Gasteiger partial charge in [-0.25, -0.2) is 9.69 Å². The molecule has 29 heavy (non-hydrogen) atoms. The van der Waals surface area contributed by atoms with Crippen molar-refractivity contribution in [2.75, 3.05) is 6.54 Å². The lowest BCUT2D eigenvalue weighted by atomic mass is 10.1. The summed E-state index contributed by atoms with van der Waals surface area (Å²) in [5.41, 5.74) is 1.17. The van der Waals surface area contributed by atoms with E-state index in [1.54, 1.807) is 18.3 Å². The number of nitrogens with zero attached hydrogens (tertiary/aromatic N) is 4. The van der Waals surface area contributed by atoms with Gasteiger partial charge in [0.05, 0.1) is 19.0 Å². The molecule has 8 heteroatoms. The first-order chi connectivity index (χ1) is 14.0. The molecule has 0 N–H and O–H groups in total. The number of carbonyl (C=O) groups excluding carboxylic acids is 4. The topological polar surface area (TPSA) is 103 Å². The van der Waals surface area contributed by atoms with Gasteiger partial charge in [0, 0.05) is 35.2 Å². The van der Waals surface area contributed by atoms with Gasteiger partial charge < -0.3 is 4.57 Å². The normalized spacial score (nSPS) is 17.6. The van der Waals surface area contributed by atoms with Crippen molar-refractivity contribution < 1.29 is 19.2 Å². The Morgan fingerprint density at radius 1 is 1.10 bits per heavy atom. The average molecular weight is 392 g/mol. The molecule has 1 aliphatic carbocycles. The number of fused-ring (bicyclic) bond motifs is 1. The maximum absolute atomic E-state index is 13.0. The second kappa shape index (κ2) is 7.51. The van der Waals surface area contributed by atoms with Crippen molar-refractivity contribution in [1.29, 1.82) is 5.26 Å². The van der Waals surface area contributed by atoms with E-state index >= 15 is 0 Å². The summed E-state index contributed by atoms with van der Waals surface area (Å²) >= 11 is 0. The lowest BCUT2D eigenvalue weighted by Crippen LogP contribution is -2.41. The number of imide groups is 2. The van der Waals surface area contributed by atoms with Gasteiger partial charge in [-0.2, -0.15) is 5.26 Å². The van der Waals surface area contributed by atoms with Gasteiger partial charge in [-0.15, -0.1) is 0 Å². The van der Waals surface area contributed by atoms with Crippen LogP contribution in [0.5, 0.6) is 0 Å². The number of rotatable bonds is 6. The van der Waals surface area contributed by atoms with Gasteiger partial charge in [0.25, 0.3) is 0 Å². The molecular weight excluding hydrogens is 372 g/mol. The number of benzene rings is 1. The molecule has 0 spiro atoms. The van der Waals surface area contributed by atoms with Crippen LogP contribution in [0.1, 0.15) is 42.5 Å². The molecule has 1 saturated heterocycles. The maximum Gasteiger partial charge on any atom is 0.334 e. The van der Waals surface area contributed by atoms with Crippen LogP contribution in [-0.4, -0.2) is 50.6 Å². The van der Waals surface area contributed by atoms with E-state index in [1.807, 2.05) is 16.7 Å². The van der Waals surface area contributed by atoms with E-state index in [9.17, 15) is 19.2 Å². The largest absolute Gasteiger partial charge is 0.346 e. The molecule has 0 radical (unpaired) electrons. The molecule has 8 nitrogen and oxygen atoms in total. The summed E-state index contributed by atoms with van der Waals surface area (Å²) in [6.45, 7) is -0.0430. The van der Waals surface area contributed by atoms with Crippen molar-refractivity contribution in [3.63, 3.8) is 0 Å². The lowest BCUT2D eigenvalue weighted by Gasteiger charge is -2.20. The van der Waals surface area contributed by atoms with E-state index in [2.05, 4.69) is 6.07 Å². The number of hydrogen-bond donors (Lipinski definition) is 0. The second-order valence-corrected chi connectivity index (χ2v) is 7.37. The third kappa shape index (κ3) is 3.18. The molecule has 0 unspecified atom stereocenters. The number of para-hydroxylation sites is 1. The molecule has 1 aromatic heterocycles. The Hall–Kier alpha value is -3.47. The first kappa shape index (κ1) is 18.9. The first-order valence-corrected chi connectivity index (χ1v) is 9.70. The van der Waals surface area contributed by atoms with Gasteiger partial charge in [-0.1, -0.05) is 31.0 Å². The Morgan fingerprint density at radius 3 is 2.55 bits per heavy atom. The third-order valence-electron chi connectivity index (χ3n) is 5.63. The minimum atomic E-state index is -0.941. The van der Waals surface area contributed by atoms with Crippen LogP contribution in [0, 0.1) is 11.3 Å². The highest BCUT2D eigenvalue weighted by Gasteiger charge is 2.48. The zero-order valence-electron chi connectivity index (χ0n) is 15.8. The summed E-state index contributed by atoms with van der Waals surface area (Å²) in [5.74, 6) is -2.20. The highest BCUT2D eigenvalue weighted by Crippen LogP contribution is 2.28. The molecular formula is C21H20N4O4. The Labute approximate surface area is 167 Å². The molecule has 1 aromatic carbocycles. The van der Waals surface area contributed by atoms with Crippen LogP contribution in [0.3, 0.4) is 0 Å². The Kier molecular flexibility index (Phi) is 4.89. The van der Waals surface area contributed by atoms with Crippen LogP contribution >= 0.6 is 0 Å². The summed E-state index contributed by atoms with van der Waals surface area (Å²) in [7, 11) is 0. The molecule has 2 aliphatic rings. The predicted octanol–water partition coefficient (Wildman–Crippen LogP) is 2.47. The van der Waals surface area contributed by atoms with E-state index in [0.29, 0.717) is 36.8 Å². The molecule has 0 atom stereocenters. The summed E-state index contributed by atoms with van der Waals surface area (Å²) in [4.78, 5) is 52.2. The van der Waals surface area contributed by atoms with E-state index in [0.717, 1.165) is 28.2 Å². The number of nitriles is 1. The van der Waals surface area contributed by atoms with E-state index < -0.39 is 30.2 Å². The van der Waals surface area contributed by atoms with Crippen LogP contribution in [0.25, 0.3) is 10.9 Å². The van der Waals surface area contributed by atoms with Crippen molar-refractivity contribution in [1.82, 2.24) is 14.4 Å². The highest BCUT2D eigenvalue weighted by molar-refractivity contribution is 6.45. The minimum Gasteiger partial charge on any atom is -0.346 e. The molecule has 148 valence electrons. The number of amides is 4. The van der Waals surface area contributed by atoms with Crippen molar-refractivity contribution in [3.05, 3.63) is 36.0 Å². The lowest BCUT2D eigenvalue weighted by molar-refractivity contribution is -0.143. The van der Waals surface area contributed by atoms with Gasteiger partial charge in [-0.05, 0) is 18.9 Å². The Morgan fingerprint density at radius 2 is 1.83 bits per heavy atom. The Bertz CT molecular complexity index is 1060. The van der Waals surface area contributed by atoms with Crippen LogP contribution < -0.4 is 0 Å². The van der Waals surface area contributed by atoms with Crippen molar-refractivity contribution >= 4 is 34.5 Å². The quantitative estimate of drug-likeness (QED) is 0.427. The number of urea groups is 1. The van der Waals surface area contributed by atoms with Crippen LogP contribution in [-0.2, 0) is 16.1 Å². The average Bonchev–Trinajstić information content (AvgIpc) is 3.42. The van der Waals surface area contributed by atoms with Gasteiger partial charge in [-0.3, -0.25) is 19.3 Å². The third-order valence-corrected chi connectivity index (χ3v) is 5.63.